The molecule has 0 aliphatic rings. The number of rotatable bonds is 6. The number of nitrogens with zero attached hydrogens (tertiary/aromatic N) is 2. The lowest BCUT2D eigenvalue weighted by molar-refractivity contribution is -0.122. The molecule has 0 heterocycles. The summed E-state index contributed by atoms with van der Waals surface area (Å²) in [7, 11) is 1.99. The average molecular weight is 274 g/mol. The Balaban J connectivity index is 2.63. The molecule has 5 heteroatoms. The van der Waals surface area contributed by atoms with E-state index in [4.69, 9.17) is 11.1 Å². The molecule has 2 atom stereocenters. The second-order valence-electron chi connectivity index (χ2n) is 5.20. The van der Waals surface area contributed by atoms with Gasteiger partial charge in [0.05, 0.1) is 17.9 Å². The first kappa shape index (κ1) is 16.2. The van der Waals surface area contributed by atoms with E-state index in [1.807, 2.05) is 45.2 Å². The number of carbonyl (C=O) groups excluding carboxylic acids is 1. The van der Waals surface area contributed by atoms with Gasteiger partial charge < -0.3 is 4.90 Å². The fraction of sp³-hybridized carbons (Fsp3) is 0.467. The highest BCUT2D eigenvalue weighted by atomic mass is 16.2. The van der Waals surface area contributed by atoms with Crippen molar-refractivity contribution < 1.29 is 4.79 Å². The molecule has 5 nitrogen and oxygen atoms in total. The molecule has 20 heavy (non-hydrogen) atoms. The van der Waals surface area contributed by atoms with Crippen molar-refractivity contribution in [3.8, 4) is 6.07 Å². The van der Waals surface area contributed by atoms with Crippen LogP contribution in [0.4, 0.5) is 0 Å². The summed E-state index contributed by atoms with van der Waals surface area (Å²) in [4.78, 5) is 13.6. The highest BCUT2D eigenvalue weighted by Gasteiger charge is 2.13. The largest absolute Gasteiger partial charge is 0.301 e. The van der Waals surface area contributed by atoms with Gasteiger partial charge in [0.15, 0.2) is 0 Å². The van der Waals surface area contributed by atoms with Gasteiger partial charge in [-0.05, 0) is 32.0 Å². The Kier molecular flexibility index (Phi) is 6.16. The standard InChI is InChI=1S/C15H22N4O/c1-11(8-16)9-19(3)10-13-4-6-14(7-5-13)12(2)15(20)18-17/h4-7,11-12H,9-10,17H2,1-3H3,(H,18,20). The molecule has 1 amide bonds. The molecule has 0 saturated carbocycles. The van der Waals surface area contributed by atoms with Gasteiger partial charge in [-0.2, -0.15) is 5.26 Å². The Morgan fingerprint density at radius 1 is 1.40 bits per heavy atom. The zero-order valence-corrected chi connectivity index (χ0v) is 12.3. The Morgan fingerprint density at radius 2 is 2.00 bits per heavy atom. The third-order valence-corrected chi connectivity index (χ3v) is 3.27. The van der Waals surface area contributed by atoms with Crippen LogP contribution >= 0.6 is 0 Å². The van der Waals surface area contributed by atoms with Gasteiger partial charge in [-0.15, -0.1) is 0 Å². The monoisotopic (exact) mass is 274 g/mol. The number of hydrazine groups is 1. The van der Waals surface area contributed by atoms with E-state index >= 15 is 0 Å². The Bertz CT molecular complexity index is 478. The van der Waals surface area contributed by atoms with Gasteiger partial charge in [0.2, 0.25) is 5.91 Å². The molecule has 2 unspecified atom stereocenters. The minimum Gasteiger partial charge on any atom is -0.301 e. The number of nitriles is 1. The lowest BCUT2D eigenvalue weighted by Gasteiger charge is -2.18. The summed E-state index contributed by atoms with van der Waals surface area (Å²) in [5, 5.41) is 8.80. The third kappa shape index (κ3) is 4.65. The fourth-order valence-electron chi connectivity index (χ4n) is 2.07. The first-order valence-electron chi connectivity index (χ1n) is 6.65. The number of nitrogens with two attached hydrogens (primary N) is 1. The van der Waals surface area contributed by atoms with Crippen molar-refractivity contribution in [1.29, 1.82) is 5.26 Å². The zero-order valence-electron chi connectivity index (χ0n) is 12.3. The SMILES string of the molecule is CC(C#N)CN(C)Cc1ccc(C(C)C(=O)NN)cc1. The average Bonchev–Trinajstić information content (AvgIpc) is 2.46. The summed E-state index contributed by atoms with van der Waals surface area (Å²) >= 11 is 0. The van der Waals surface area contributed by atoms with Gasteiger partial charge in [-0.1, -0.05) is 24.3 Å². The van der Waals surface area contributed by atoms with Crippen LogP contribution < -0.4 is 11.3 Å². The van der Waals surface area contributed by atoms with Gasteiger partial charge in [-0.25, -0.2) is 5.84 Å². The molecule has 0 fully saturated rings. The molecule has 108 valence electrons. The van der Waals surface area contributed by atoms with Crippen LogP contribution in [0, 0.1) is 17.2 Å². The Labute approximate surface area is 120 Å². The van der Waals surface area contributed by atoms with E-state index in [-0.39, 0.29) is 17.7 Å². The van der Waals surface area contributed by atoms with E-state index in [9.17, 15) is 4.79 Å². The number of hydrogen-bond acceptors (Lipinski definition) is 4. The molecule has 0 saturated heterocycles. The highest BCUT2D eigenvalue weighted by molar-refractivity contribution is 5.82. The van der Waals surface area contributed by atoms with Crippen LogP contribution in [0.1, 0.15) is 30.9 Å². The van der Waals surface area contributed by atoms with Crippen molar-refractivity contribution >= 4 is 5.91 Å². The van der Waals surface area contributed by atoms with Crippen molar-refractivity contribution in [3.63, 3.8) is 0 Å². The molecule has 0 aliphatic carbocycles. The fourth-order valence-corrected chi connectivity index (χ4v) is 2.07. The molecule has 1 rings (SSSR count). The number of amides is 1. The second-order valence-corrected chi connectivity index (χ2v) is 5.20. The predicted molar refractivity (Wildman–Crippen MR) is 78.3 cm³/mol. The summed E-state index contributed by atoms with van der Waals surface area (Å²) in [6.45, 7) is 5.25. The van der Waals surface area contributed by atoms with E-state index in [0.717, 1.165) is 24.2 Å². The van der Waals surface area contributed by atoms with Gasteiger partial charge in [0.1, 0.15) is 0 Å². The molecule has 0 spiro atoms. The summed E-state index contributed by atoms with van der Waals surface area (Å²) in [6.07, 6.45) is 0. The van der Waals surface area contributed by atoms with Crippen molar-refractivity contribution in [1.82, 2.24) is 10.3 Å². The van der Waals surface area contributed by atoms with Gasteiger partial charge >= 0.3 is 0 Å². The minimum atomic E-state index is -0.259. The first-order chi connectivity index (χ1) is 9.47. The van der Waals surface area contributed by atoms with Crippen LogP contribution in [0.3, 0.4) is 0 Å². The quantitative estimate of drug-likeness (QED) is 0.466. The number of hydrogen-bond donors (Lipinski definition) is 2. The van der Waals surface area contributed by atoms with Crippen LogP contribution in [0.25, 0.3) is 0 Å². The summed E-state index contributed by atoms with van der Waals surface area (Å²) in [5.41, 5.74) is 4.25. The molecular weight excluding hydrogens is 252 g/mol. The maximum absolute atomic E-state index is 11.5. The second kappa shape index (κ2) is 7.63. The van der Waals surface area contributed by atoms with Crippen molar-refractivity contribution in [3.05, 3.63) is 35.4 Å². The summed E-state index contributed by atoms with van der Waals surface area (Å²) in [5.74, 6) is 4.70. The molecule has 3 N–H and O–H groups in total. The van der Waals surface area contributed by atoms with E-state index in [0.29, 0.717) is 0 Å². The van der Waals surface area contributed by atoms with Gasteiger partial charge in [0.25, 0.3) is 0 Å². The van der Waals surface area contributed by atoms with Crippen molar-refractivity contribution in [2.45, 2.75) is 26.3 Å². The minimum absolute atomic E-state index is 0.0209. The smallest absolute Gasteiger partial charge is 0.241 e. The highest BCUT2D eigenvalue weighted by Crippen LogP contribution is 2.16. The molecule has 1 aromatic carbocycles. The molecule has 0 aromatic heterocycles. The normalized spacial score (nSPS) is 13.6. The topological polar surface area (TPSA) is 82.2 Å². The van der Waals surface area contributed by atoms with Crippen LogP contribution in [0.5, 0.6) is 0 Å². The van der Waals surface area contributed by atoms with E-state index in [1.54, 1.807) is 0 Å². The van der Waals surface area contributed by atoms with E-state index < -0.39 is 0 Å². The summed E-state index contributed by atoms with van der Waals surface area (Å²) in [6, 6.07) is 10.1. The molecular formula is C15H22N4O. The van der Waals surface area contributed by atoms with Gasteiger partial charge in [-0.3, -0.25) is 10.2 Å². The van der Waals surface area contributed by atoms with Crippen LogP contribution in [-0.2, 0) is 11.3 Å². The van der Waals surface area contributed by atoms with Crippen LogP contribution in [-0.4, -0.2) is 24.4 Å². The number of carbonyl (C=O) groups is 1. The van der Waals surface area contributed by atoms with Crippen LogP contribution in [0.2, 0.25) is 0 Å². The van der Waals surface area contributed by atoms with Crippen LogP contribution in [0.15, 0.2) is 24.3 Å². The molecule has 1 aromatic rings. The third-order valence-electron chi connectivity index (χ3n) is 3.27. The lowest BCUT2D eigenvalue weighted by Crippen LogP contribution is -2.33. The maximum Gasteiger partial charge on any atom is 0.241 e. The predicted octanol–water partition coefficient (Wildman–Crippen LogP) is 1.37. The maximum atomic E-state index is 11.5. The van der Waals surface area contributed by atoms with Crippen molar-refractivity contribution in [2.75, 3.05) is 13.6 Å². The zero-order chi connectivity index (χ0) is 15.1. The molecule has 0 aliphatic heterocycles. The first-order valence-corrected chi connectivity index (χ1v) is 6.65. The van der Waals surface area contributed by atoms with E-state index in [1.165, 1.54) is 0 Å². The Hall–Kier alpha value is -1.90. The lowest BCUT2D eigenvalue weighted by atomic mass is 9.99. The van der Waals surface area contributed by atoms with E-state index in [2.05, 4.69) is 16.4 Å². The number of nitrogens with one attached hydrogen (secondary N) is 1. The van der Waals surface area contributed by atoms with Gasteiger partial charge in [0, 0.05) is 13.1 Å². The molecule has 0 bridgehead atoms. The Morgan fingerprint density at radius 3 is 2.50 bits per heavy atom. The number of benzene rings is 1. The molecule has 0 radical (unpaired) electrons. The summed E-state index contributed by atoms with van der Waals surface area (Å²) < 4.78 is 0. The van der Waals surface area contributed by atoms with Crippen molar-refractivity contribution in [2.24, 2.45) is 11.8 Å².